The Hall–Kier alpha value is -1.42. The van der Waals surface area contributed by atoms with E-state index >= 15 is 0 Å². The number of pyridine rings is 1. The molecule has 0 fully saturated rings. The molecular formula is C17H22ClN3. The van der Waals surface area contributed by atoms with Crippen molar-refractivity contribution in [1.82, 2.24) is 15.2 Å². The van der Waals surface area contributed by atoms with Crippen molar-refractivity contribution in [2.24, 2.45) is 0 Å². The van der Waals surface area contributed by atoms with Gasteiger partial charge in [0.15, 0.2) is 0 Å². The van der Waals surface area contributed by atoms with Crippen LogP contribution in [-0.2, 0) is 13.1 Å². The van der Waals surface area contributed by atoms with Crippen molar-refractivity contribution in [3.05, 3.63) is 64.9 Å². The van der Waals surface area contributed by atoms with Gasteiger partial charge in [-0.25, -0.2) is 0 Å². The maximum atomic E-state index is 6.07. The van der Waals surface area contributed by atoms with Crippen LogP contribution in [0.5, 0.6) is 0 Å². The SMILES string of the molecule is CN(CCCNCc1ccncc1Cl)Cc1ccccc1. The van der Waals surface area contributed by atoms with Crippen molar-refractivity contribution in [2.75, 3.05) is 20.1 Å². The van der Waals surface area contributed by atoms with E-state index in [4.69, 9.17) is 11.6 Å². The minimum absolute atomic E-state index is 0.728. The lowest BCUT2D eigenvalue weighted by Gasteiger charge is -2.16. The van der Waals surface area contributed by atoms with Crippen molar-refractivity contribution in [3.8, 4) is 0 Å². The molecule has 0 aliphatic heterocycles. The van der Waals surface area contributed by atoms with Crippen LogP contribution < -0.4 is 5.32 Å². The number of nitrogens with zero attached hydrogens (tertiary/aromatic N) is 2. The third kappa shape index (κ3) is 5.84. The second kappa shape index (κ2) is 8.78. The molecule has 21 heavy (non-hydrogen) atoms. The molecule has 1 aromatic heterocycles. The third-order valence-electron chi connectivity index (χ3n) is 3.36. The highest BCUT2D eigenvalue weighted by atomic mass is 35.5. The highest BCUT2D eigenvalue weighted by molar-refractivity contribution is 6.31. The number of rotatable bonds is 8. The van der Waals surface area contributed by atoms with Crippen molar-refractivity contribution in [3.63, 3.8) is 0 Å². The smallest absolute Gasteiger partial charge is 0.0634 e. The Morgan fingerprint density at radius 2 is 2.00 bits per heavy atom. The van der Waals surface area contributed by atoms with Gasteiger partial charge >= 0.3 is 0 Å². The predicted octanol–water partition coefficient (Wildman–Crippen LogP) is 3.35. The lowest BCUT2D eigenvalue weighted by Crippen LogP contribution is -2.23. The van der Waals surface area contributed by atoms with Gasteiger partial charge < -0.3 is 10.2 Å². The molecule has 0 spiro atoms. The molecule has 4 heteroatoms. The van der Waals surface area contributed by atoms with E-state index in [9.17, 15) is 0 Å². The Bertz CT molecular complexity index is 531. The molecule has 0 atom stereocenters. The van der Waals surface area contributed by atoms with Gasteiger partial charge in [-0.1, -0.05) is 41.9 Å². The Labute approximate surface area is 132 Å². The molecule has 0 radical (unpaired) electrons. The maximum Gasteiger partial charge on any atom is 0.0634 e. The fourth-order valence-electron chi connectivity index (χ4n) is 2.22. The van der Waals surface area contributed by atoms with E-state index in [1.807, 2.05) is 6.07 Å². The Morgan fingerprint density at radius 1 is 1.19 bits per heavy atom. The first-order valence-electron chi connectivity index (χ1n) is 7.27. The Kier molecular flexibility index (Phi) is 6.67. The van der Waals surface area contributed by atoms with Gasteiger partial charge in [-0.15, -0.1) is 0 Å². The number of halogens is 1. The first-order chi connectivity index (χ1) is 10.3. The van der Waals surface area contributed by atoms with Gasteiger partial charge in [-0.2, -0.15) is 0 Å². The summed E-state index contributed by atoms with van der Waals surface area (Å²) in [5.74, 6) is 0. The molecule has 0 aliphatic carbocycles. The van der Waals surface area contributed by atoms with E-state index in [1.165, 1.54) is 5.56 Å². The molecule has 0 aliphatic rings. The average Bonchev–Trinajstić information content (AvgIpc) is 2.50. The monoisotopic (exact) mass is 303 g/mol. The zero-order valence-electron chi connectivity index (χ0n) is 12.4. The van der Waals surface area contributed by atoms with Crippen LogP contribution in [0.3, 0.4) is 0 Å². The number of aromatic nitrogens is 1. The van der Waals surface area contributed by atoms with Crippen LogP contribution in [0, 0.1) is 0 Å². The van der Waals surface area contributed by atoms with Crippen LogP contribution in [0.2, 0.25) is 5.02 Å². The molecule has 112 valence electrons. The molecule has 0 saturated heterocycles. The molecule has 1 heterocycles. The summed E-state index contributed by atoms with van der Waals surface area (Å²) < 4.78 is 0. The third-order valence-corrected chi connectivity index (χ3v) is 3.70. The summed E-state index contributed by atoms with van der Waals surface area (Å²) in [7, 11) is 2.16. The van der Waals surface area contributed by atoms with Crippen LogP contribution >= 0.6 is 11.6 Å². The van der Waals surface area contributed by atoms with Gasteiger partial charge in [-0.05, 0) is 43.8 Å². The molecule has 3 nitrogen and oxygen atoms in total. The Morgan fingerprint density at radius 3 is 2.76 bits per heavy atom. The maximum absolute atomic E-state index is 6.07. The summed E-state index contributed by atoms with van der Waals surface area (Å²) in [4.78, 5) is 6.33. The average molecular weight is 304 g/mol. The highest BCUT2D eigenvalue weighted by Gasteiger charge is 2.01. The zero-order valence-corrected chi connectivity index (χ0v) is 13.2. The standard InChI is InChI=1S/C17H22ClN3/c1-21(14-15-6-3-2-4-7-15)11-5-9-19-12-16-8-10-20-13-17(16)18/h2-4,6-8,10,13,19H,5,9,11-12,14H2,1H3. The molecule has 0 bridgehead atoms. The summed E-state index contributed by atoms with van der Waals surface area (Å²) in [6, 6.07) is 12.5. The van der Waals surface area contributed by atoms with Crippen LogP contribution in [-0.4, -0.2) is 30.0 Å². The van der Waals surface area contributed by atoms with Crippen LogP contribution in [0.4, 0.5) is 0 Å². The molecule has 2 aromatic rings. The minimum Gasteiger partial charge on any atom is -0.313 e. The van der Waals surface area contributed by atoms with E-state index in [-0.39, 0.29) is 0 Å². The van der Waals surface area contributed by atoms with Gasteiger partial charge in [0.2, 0.25) is 0 Å². The summed E-state index contributed by atoms with van der Waals surface area (Å²) >= 11 is 6.07. The second-order valence-corrected chi connectivity index (χ2v) is 5.63. The first-order valence-corrected chi connectivity index (χ1v) is 7.65. The largest absolute Gasteiger partial charge is 0.313 e. The molecule has 1 N–H and O–H groups in total. The van der Waals surface area contributed by atoms with E-state index < -0.39 is 0 Å². The lowest BCUT2D eigenvalue weighted by atomic mass is 10.2. The number of benzene rings is 1. The fraction of sp³-hybridized carbons (Fsp3) is 0.353. The normalized spacial score (nSPS) is 11.0. The molecule has 2 rings (SSSR count). The molecule has 0 unspecified atom stereocenters. The first kappa shape index (κ1) is 16.0. The van der Waals surface area contributed by atoms with E-state index in [2.05, 4.69) is 52.6 Å². The van der Waals surface area contributed by atoms with Crippen molar-refractivity contribution in [2.45, 2.75) is 19.5 Å². The highest BCUT2D eigenvalue weighted by Crippen LogP contribution is 2.12. The molecule has 0 saturated carbocycles. The fourth-order valence-corrected chi connectivity index (χ4v) is 2.40. The number of hydrogen-bond donors (Lipinski definition) is 1. The molecule has 1 aromatic carbocycles. The summed E-state index contributed by atoms with van der Waals surface area (Å²) in [5, 5.41) is 4.15. The van der Waals surface area contributed by atoms with E-state index in [1.54, 1.807) is 12.4 Å². The van der Waals surface area contributed by atoms with Gasteiger partial charge in [0.25, 0.3) is 0 Å². The van der Waals surface area contributed by atoms with E-state index in [0.717, 1.165) is 43.2 Å². The van der Waals surface area contributed by atoms with Crippen molar-refractivity contribution < 1.29 is 0 Å². The summed E-state index contributed by atoms with van der Waals surface area (Å²) in [6.07, 6.45) is 4.58. The second-order valence-electron chi connectivity index (χ2n) is 5.22. The summed E-state index contributed by atoms with van der Waals surface area (Å²) in [6.45, 7) is 3.85. The van der Waals surface area contributed by atoms with Crippen LogP contribution in [0.25, 0.3) is 0 Å². The number of hydrogen-bond acceptors (Lipinski definition) is 3. The predicted molar refractivity (Wildman–Crippen MR) is 88.3 cm³/mol. The van der Waals surface area contributed by atoms with Crippen molar-refractivity contribution in [1.29, 1.82) is 0 Å². The minimum atomic E-state index is 0.728. The molecule has 0 amide bonds. The van der Waals surface area contributed by atoms with Crippen LogP contribution in [0.15, 0.2) is 48.8 Å². The van der Waals surface area contributed by atoms with Gasteiger partial charge in [0, 0.05) is 25.5 Å². The van der Waals surface area contributed by atoms with E-state index in [0.29, 0.717) is 0 Å². The van der Waals surface area contributed by atoms with Gasteiger partial charge in [-0.3, -0.25) is 4.98 Å². The topological polar surface area (TPSA) is 28.2 Å². The van der Waals surface area contributed by atoms with Crippen LogP contribution in [0.1, 0.15) is 17.5 Å². The number of nitrogens with one attached hydrogen (secondary N) is 1. The Balaban J connectivity index is 1.60. The lowest BCUT2D eigenvalue weighted by molar-refractivity contribution is 0.319. The quantitative estimate of drug-likeness (QED) is 0.758. The van der Waals surface area contributed by atoms with Gasteiger partial charge in [0.1, 0.15) is 0 Å². The van der Waals surface area contributed by atoms with Crippen molar-refractivity contribution >= 4 is 11.6 Å². The molecular weight excluding hydrogens is 282 g/mol. The summed E-state index contributed by atoms with van der Waals surface area (Å²) in [5.41, 5.74) is 2.46. The van der Waals surface area contributed by atoms with Gasteiger partial charge in [0.05, 0.1) is 5.02 Å². The zero-order chi connectivity index (χ0) is 14.9.